The van der Waals surface area contributed by atoms with Crippen LogP contribution in [0.4, 0.5) is 11.4 Å². The highest BCUT2D eigenvalue weighted by Crippen LogP contribution is 2.37. The normalized spacial score (nSPS) is 16.4. The summed E-state index contributed by atoms with van der Waals surface area (Å²) in [6.07, 6.45) is 1.98. The third kappa shape index (κ3) is 4.68. The standard InChI is InChI=1S/C24H24ClN3O3S.ClH/c1-31-21-14-17(6-7-20(21)27-11-8-18(29)9-12-27)28-13-10-19-22(24(28)30)32-23(26-19)15-2-4-16(25)5-3-15;/h2-7,14,18,29H,8-13H2,1H3;1H. The number of thiazole rings is 1. The molecule has 33 heavy (non-hydrogen) atoms. The van der Waals surface area contributed by atoms with Crippen LogP contribution in [-0.2, 0) is 6.42 Å². The summed E-state index contributed by atoms with van der Waals surface area (Å²) in [6, 6.07) is 13.5. The minimum Gasteiger partial charge on any atom is -0.495 e. The van der Waals surface area contributed by atoms with Gasteiger partial charge in [0.25, 0.3) is 5.91 Å². The van der Waals surface area contributed by atoms with Crippen LogP contribution in [0.3, 0.4) is 0 Å². The van der Waals surface area contributed by atoms with Crippen molar-refractivity contribution in [2.45, 2.75) is 25.4 Å². The van der Waals surface area contributed by atoms with Gasteiger partial charge >= 0.3 is 0 Å². The SMILES string of the molecule is COc1cc(N2CCc3nc(-c4ccc(Cl)cc4)sc3C2=O)ccc1N1CCC(O)CC1.Cl. The summed E-state index contributed by atoms with van der Waals surface area (Å²) in [5.74, 6) is 0.712. The number of fused-ring (bicyclic) bond motifs is 1. The highest BCUT2D eigenvalue weighted by Gasteiger charge is 2.30. The number of amides is 1. The molecule has 9 heteroatoms. The van der Waals surface area contributed by atoms with Crippen molar-refractivity contribution < 1.29 is 14.6 Å². The van der Waals surface area contributed by atoms with Crippen molar-refractivity contribution in [3.63, 3.8) is 0 Å². The highest BCUT2D eigenvalue weighted by molar-refractivity contribution is 7.17. The molecule has 174 valence electrons. The Balaban J connectivity index is 0.00000259. The molecule has 2 aliphatic rings. The average molecular weight is 506 g/mol. The molecule has 3 aromatic rings. The third-order valence-electron chi connectivity index (χ3n) is 6.08. The Labute approximate surface area is 208 Å². The van der Waals surface area contributed by atoms with E-state index in [4.69, 9.17) is 21.3 Å². The quantitative estimate of drug-likeness (QED) is 0.536. The van der Waals surface area contributed by atoms with Gasteiger partial charge in [0, 0.05) is 48.4 Å². The first-order chi connectivity index (χ1) is 15.5. The van der Waals surface area contributed by atoms with Crippen molar-refractivity contribution in [3.8, 4) is 16.3 Å². The van der Waals surface area contributed by atoms with Crippen LogP contribution in [0.5, 0.6) is 5.75 Å². The first-order valence-corrected chi connectivity index (χ1v) is 11.9. The Morgan fingerprint density at radius 3 is 2.55 bits per heavy atom. The minimum atomic E-state index is -0.228. The number of nitrogens with zero attached hydrogens (tertiary/aromatic N) is 3. The fourth-order valence-electron chi connectivity index (χ4n) is 4.29. The van der Waals surface area contributed by atoms with Gasteiger partial charge in [-0.25, -0.2) is 4.98 Å². The molecule has 5 rings (SSSR count). The molecule has 0 bridgehead atoms. The number of methoxy groups -OCH3 is 1. The molecule has 1 aromatic heterocycles. The number of carbonyl (C=O) groups excluding carboxylic acids is 1. The van der Waals surface area contributed by atoms with Crippen LogP contribution >= 0.6 is 35.3 Å². The molecule has 6 nitrogen and oxygen atoms in total. The van der Waals surface area contributed by atoms with E-state index in [-0.39, 0.29) is 24.4 Å². The number of piperidine rings is 1. The second-order valence-electron chi connectivity index (χ2n) is 8.08. The number of aromatic nitrogens is 1. The first-order valence-electron chi connectivity index (χ1n) is 10.7. The topological polar surface area (TPSA) is 65.9 Å². The summed E-state index contributed by atoms with van der Waals surface area (Å²) in [6.45, 7) is 2.16. The van der Waals surface area contributed by atoms with Gasteiger partial charge in [0.1, 0.15) is 15.6 Å². The van der Waals surface area contributed by atoms with Crippen LogP contribution in [0.25, 0.3) is 10.6 Å². The van der Waals surface area contributed by atoms with Gasteiger partial charge in [-0.15, -0.1) is 23.7 Å². The molecule has 1 amide bonds. The van der Waals surface area contributed by atoms with E-state index < -0.39 is 0 Å². The fraction of sp³-hybridized carbons (Fsp3) is 0.333. The van der Waals surface area contributed by atoms with Gasteiger partial charge in [0.15, 0.2) is 0 Å². The molecule has 2 aromatic carbocycles. The van der Waals surface area contributed by atoms with Gasteiger partial charge in [0.2, 0.25) is 0 Å². The van der Waals surface area contributed by atoms with Crippen molar-refractivity contribution in [2.24, 2.45) is 0 Å². The van der Waals surface area contributed by atoms with Crippen molar-refractivity contribution in [2.75, 3.05) is 36.5 Å². The van der Waals surface area contributed by atoms with Gasteiger partial charge < -0.3 is 19.6 Å². The Morgan fingerprint density at radius 1 is 1.12 bits per heavy atom. The number of ether oxygens (including phenoxy) is 1. The van der Waals surface area contributed by atoms with Crippen molar-refractivity contribution >= 4 is 52.6 Å². The Bertz CT molecular complexity index is 1140. The van der Waals surface area contributed by atoms with E-state index in [0.717, 1.165) is 59.3 Å². The lowest BCUT2D eigenvalue weighted by molar-refractivity contribution is 0.0984. The number of benzene rings is 2. The summed E-state index contributed by atoms with van der Waals surface area (Å²) in [5, 5.41) is 11.3. The molecule has 3 heterocycles. The second kappa shape index (κ2) is 9.89. The monoisotopic (exact) mass is 505 g/mol. The number of halogens is 2. The summed E-state index contributed by atoms with van der Waals surface area (Å²) in [4.78, 5) is 22.8. The summed E-state index contributed by atoms with van der Waals surface area (Å²) in [7, 11) is 1.65. The van der Waals surface area contributed by atoms with Gasteiger partial charge in [-0.1, -0.05) is 23.7 Å². The average Bonchev–Trinajstić information content (AvgIpc) is 3.25. The smallest absolute Gasteiger partial charge is 0.270 e. The molecular formula is C24H25Cl2N3O3S. The maximum absolute atomic E-state index is 13.3. The van der Waals surface area contributed by atoms with E-state index in [2.05, 4.69) is 4.90 Å². The van der Waals surface area contributed by atoms with Crippen molar-refractivity contribution in [1.29, 1.82) is 0 Å². The zero-order valence-electron chi connectivity index (χ0n) is 18.2. The van der Waals surface area contributed by atoms with Crippen molar-refractivity contribution in [3.05, 3.63) is 58.1 Å². The summed E-state index contributed by atoms with van der Waals surface area (Å²) >= 11 is 7.43. The fourth-order valence-corrected chi connectivity index (χ4v) is 5.49. The van der Waals surface area contributed by atoms with Gasteiger partial charge in [-0.2, -0.15) is 0 Å². The molecule has 0 unspecified atom stereocenters. The predicted molar refractivity (Wildman–Crippen MR) is 136 cm³/mol. The van der Waals surface area contributed by atoms with E-state index in [9.17, 15) is 9.90 Å². The van der Waals surface area contributed by atoms with E-state index >= 15 is 0 Å². The Hall–Kier alpha value is -2.32. The van der Waals surface area contributed by atoms with Crippen LogP contribution < -0.4 is 14.5 Å². The molecule has 0 atom stereocenters. The minimum absolute atomic E-state index is 0. The molecule has 0 aliphatic carbocycles. The molecule has 0 saturated carbocycles. The van der Waals surface area contributed by atoms with Crippen LogP contribution in [-0.4, -0.2) is 48.8 Å². The molecule has 1 saturated heterocycles. The number of aliphatic hydroxyl groups is 1. The lowest BCUT2D eigenvalue weighted by atomic mass is 10.1. The largest absolute Gasteiger partial charge is 0.495 e. The van der Waals surface area contributed by atoms with Gasteiger partial charge in [-0.3, -0.25) is 4.79 Å². The summed E-state index contributed by atoms with van der Waals surface area (Å²) < 4.78 is 5.67. The summed E-state index contributed by atoms with van der Waals surface area (Å²) in [5.41, 5.74) is 3.64. The molecule has 1 N–H and O–H groups in total. The van der Waals surface area contributed by atoms with E-state index in [1.54, 1.807) is 12.0 Å². The number of anilines is 2. The molecule has 1 fully saturated rings. The zero-order valence-corrected chi connectivity index (χ0v) is 20.6. The van der Waals surface area contributed by atoms with Crippen LogP contribution in [0.1, 0.15) is 28.2 Å². The highest BCUT2D eigenvalue weighted by atomic mass is 35.5. The molecule has 0 spiro atoms. The predicted octanol–water partition coefficient (Wildman–Crippen LogP) is 5.06. The lowest BCUT2D eigenvalue weighted by Crippen LogP contribution is -2.37. The van der Waals surface area contributed by atoms with Gasteiger partial charge in [-0.05, 0) is 37.1 Å². The number of carbonyl (C=O) groups is 1. The number of rotatable bonds is 4. The molecular weight excluding hydrogens is 481 g/mol. The van der Waals surface area contributed by atoms with Gasteiger partial charge in [0.05, 0.1) is 24.6 Å². The Kier molecular flexibility index (Phi) is 7.14. The molecule has 0 radical (unpaired) electrons. The van der Waals surface area contributed by atoms with Crippen molar-refractivity contribution in [1.82, 2.24) is 4.98 Å². The zero-order chi connectivity index (χ0) is 22.2. The van der Waals surface area contributed by atoms with E-state index in [1.165, 1.54) is 11.3 Å². The van der Waals surface area contributed by atoms with E-state index in [1.807, 2.05) is 42.5 Å². The number of aliphatic hydroxyl groups excluding tert-OH is 1. The maximum Gasteiger partial charge on any atom is 0.270 e. The number of hydrogen-bond donors (Lipinski definition) is 1. The second-order valence-corrected chi connectivity index (χ2v) is 9.52. The van der Waals surface area contributed by atoms with Crippen LogP contribution in [0.15, 0.2) is 42.5 Å². The lowest BCUT2D eigenvalue weighted by Gasteiger charge is -2.33. The first kappa shape index (κ1) is 23.8. The molecule has 2 aliphatic heterocycles. The number of hydrogen-bond acceptors (Lipinski definition) is 6. The van der Waals surface area contributed by atoms with E-state index in [0.29, 0.717) is 22.9 Å². The Morgan fingerprint density at radius 2 is 1.85 bits per heavy atom. The van der Waals surface area contributed by atoms with Crippen LogP contribution in [0.2, 0.25) is 5.02 Å². The third-order valence-corrected chi connectivity index (χ3v) is 7.47. The maximum atomic E-state index is 13.3. The van der Waals surface area contributed by atoms with Crippen LogP contribution in [0, 0.1) is 0 Å².